The van der Waals surface area contributed by atoms with Crippen LogP contribution in [0.5, 0.6) is 11.6 Å². The number of nitrogens with zero attached hydrogens (tertiary/aromatic N) is 3. The standard InChI is InChI=1S/C23H22N4O3/c1-4-16-8-10-18(11-9-16)30-22-19(13-17(14-24)21(28)25-5-2)23(29)27-12-6-7-15(3)20(27)26-22/h6-13H,4-5H2,1-3H3,(H,25,28)/b17-13+. The van der Waals surface area contributed by atoms with E-state index in [4.69, 9.17) is 4.74 Å². The van der Waals surface area contributed by atoms with Gasteiger partial charge in [-0.05, 0) is 55.7 Å². The fraction of sp³-hybridized carbons (Fsp3) is 0.217. The lowest BCUT2D eigenvalue weighted by molar-refractivity contribution is -0.116. The maximum atomic E-state index is 13.2. The molecule has 1 N–H and O–H groups in total. The monoisotopic (exact) mass is 402 g/mol. The second-order valence-corrected chi connectivity index (χ2v) is 6.65. The third-order valence-corrected chi connectivity index (χ3v) is 4.59. The number of nitrogens with one attached hydrogen (secondary N) is 1. The number of nitriles is 1. The van der Waals surface area contributed by atoms with Crippen LogP contribution in [0.1, 0.15) is 30.5 Å². The molecule has 0 radical (unpaired) electrons. The van der Waals surface area contributed by atoms with Crippen molar-refractivity contribution in [2.45, 2.75) is 27.2 Å². The predicted molar refractivity (Wildman–Crippen MR) is 114 cm³/mol. The van der Waals surface area contributed by atoms with Crippen molar-refractivity contribution < 1.29 is 9.53 Å². The number of carbonyl (C=O) groups is 1. The minimum atomic E-state index is -0.563. The number of amides is 1. The Labute approximate surface area is 174 Å². The largest absolute Gasteiger partial charge is 0.438 e. The third kappa shape index (κ3) is 4.23. The molecule has 3 aromatic rings. The lowest BCUT2D eigenvalue weighted by atomic mass is 10.1. The molecule has 0 atom stereocenters. The Morgan fingerprint density at radius 1 is 1.27 bits per heavy atom. The van der Waals surface area contributed by atoms with E-state index in [9.17, 15) is 14.9 Å². The van der Waals surface area contributed by atoms with Crippen LogP contribution in [0.25, 0.3) is 11.7 Å². The average molecular weight is 402 g/mol. The quantitative estimate of drug-likeness (QED) is 0.503. The Balaban J connectivity index is 2.21. The molecule has 0 fully saturated rings. The third-order valence-electron chi connectivity index (χ3n) is 4.59. The first-order valence-electron chi connectivity index (χ1n) is 9.67. The van der Waals surface area contributed by atoms with Crippen LogP contribution in [0.3, 0.4) is 0 Å². The highest BCUT2D eigenvalue weighted by Gasteiger charge is 2.17. The number of aromatic nitrogens is 2. The summed E-state index contributed by atoms with van der Waals surface area (Å²) in [6.07, 6.45) is 3.71. The van der Waals surface area contributed by atoms with Gasteiger partial charge >= 0.3 is 0 Å². The first-order chi connectivity index (χ1) is 14.5. The Kier molecular flexibility index (Phi) is 6.28. The molecule has 0 aliphatic heterocycles. The number of pyridine rings is 1. The van der Waals surface area contributed by atoms with Crippen LogP contribution in [0.15, 0.2) is 53.0 Å². The molecule has 152 valence electrons. The van der Waals surface area contributed by atoms with Crippen molar-refractivity contribution in [1.29, 1.82) is 5.26 Å². The van der Waals surface area contributed by atoms with E-state index >= 15 is 0 Å². The van der Waals surface area contributed by atoms with Crippen molar-refractivity contribution in [3.05, 3.63) is 75.2 Å². The van der Waals surface area contributed by atoms with Crippen LogP contribution in [0.2, 0.25) is 0 Å². The Morgan fingerprint density at radius 2 is 2.00 bits per heavy atom. The van der Waals surface area contributed by atoms with Gasteiger partial charge in [-0.3, -0.25) is 14.0 Å². The predicted octanol–water partition coefficient (Wildman–Crippen LogP) is 3.40. The second kappa shape index (κ2) is 9.05. The number of benzene rings is 1. The van der Waals surface area contributed by atoms with Gasteiger partial charge in [0, 0.05) is 12.7 Å². The minimum Gasteiger partial charge on any atom is -0.438 e. The normalized spacial score (nSPS) is 11.2. The molecule has 0 aliphatic carbocycles. The number of hydrogen-bond donors (Lipinski definition) is 1. The zero-order valence-electron chi connectivity index (χ0n) is 17.1. The highest BCUT2D eigenvalue weighted by molar-refractivity contribution is 6.01. The van der Waals surface area contributed by atoms with E-state index in [-0.39, 0.29) is 17.0 Å². The summed E-state index contributed by atoms with van der Waals surface area (Å²) in [5.41, 5.74) is 1.78. The van der Waals surface area contributed by atoms with Gasteiger partial charge in [0.15, 0.2) is 0 Å². The summed E-state index contributed by atoms with van der Waals surface area (Å²) < 4.78 is 7.30. The first kappa shape index (κ1) is 20.8. The summed E-state index contributed by atoms with van der Waals surface area (Å²) >= 11 is 0. The fourth-order valence-electron chi connectivity index (χ4n) is 2.95. The summed E-state index contributed by atoms with van der Waals surface area (Å²) in [5, 5.41) is 12.0. The van der Waals surface area contributed by atoms with Crippen molar-refractivity contribution in [2.24, 2.45) is 0 Å². The number of hydrogen-bond acceptors (Lipinski definition) is 5. The van der Waals surface area contributed by atoms with Crippen molar-refractivity contribution in [2.75, 3.05) is 6.54 Å². The van der Waals surface area contributed by atoms with Crippen LogP contribution < -0.4 is 15.6 Å². The molecule has 7 heteroatoms. The fourth-order valence-corrected chi connectivity index (χ4v) is 2.95. The maximum absolute atomic E-state index is 13.2. The van der Waals surface area contributed by atoms with Gasteiger partial charge in [-0.2, -0.15) is 10.2 Å². The Morgan fingerprint density at radius 3 is 2.63 bits per heavy atom. The zero-order valence-corrected chi connectivity index (χ0v) is 17.1. The van der Waals surface area contributed by atoms with Gasteiger partial charge in [0.05, 0.1) is 0 Å². The summed E-state index contributed by atoms with van der Waals surface area (Å²) in [7, 11) is 0. The average Bonchev–Trinajstić information content (AvgIpc) is 2.75. The number of ether oxygens (including phenoxy) is 1. The molecule has 1 amide bonds. The van der Waals surface area contributed by atoms with Crippen molar-refractivity contribution in [1.82, 2.24) is 14.7 Å². The van der Waals surface area contributed by atoms with Gasteiger partial charge in [0.2, 0.25) is 5.88 Å². The summed E-state index contributed by atoms with van der Waals surface area (Å²) in [4.78, 5) is 29.9. The van der Waals surface area contributed by atoms with E-state index in [1.165, 1.54) is 10.5 Å². The molecule has 2 aromatic heterocycles. The molecule has 2 heterocycles. The molecule has 0 bridgehead atoms. The van der Waals surface area contributed by atoms with E-state index in [1.807, 2.05) is 31.2 Å². The minimum absolute atomic E-state index is 0.0282. The molecule has 30 heavy (non-hydrogen) atoms. The van der Waals surface area contributed by atoms with Crippen LogP contribution >= 0.6 is 0 Å². The van der Waals surface area contributed by atoms with Crippen LogP contribution in [-0.2, 0) is 11.2 Å². The van der Waals surface area contributed by atoms with Gasteiger partial charge in [0.25, 0.3) is 11.5 Å². The topological polar surface area (TPSA) is 96.5 Å². The van der Waals surface area contributed by atoms with Crippen molar-refractivity contribution >= 4 is 17.6 Å². The molecule has 3 rings (SSSR count). The maximum Gasteiger partial charge on any atom is 0.269 e. The van der Waals surface area contributed by atoms with E-state index in [0.29, 0.717) is 17.9 Å². The van der Waals surface area contributed by atoms with Gasteiger partial charge in [0.1, 0.15) is 28.6 Å². The molecule has 0 saturated carbocycles. The number of rotatable bonds is 6. The van der Waals surface area contributed by atoms with Crippen molar-refractivity contribution in [3.8, 4) is 17.7 Å². The van der Waals surface area contributed by atoms with Crippen LogP contribution in [0, 0.1) is 18.3 Å². The first-order valence-corrected chi connectivity index (χ1v) is 9.67. The summed E-state index contributed by atoms with van der Waals surface area (Å²) in [6.45, 7) is 6.00. The lowest BCUT2D eigenvalue weighted by Gasteiger charge is -2.12. The Bertz CT molecular complexity index is 1220. The highest BCUT2D eigenvalue weighted by Crippen LogP contribution is 2.25. The van der Waals surface area contributed by atoms with E-state index in [1.54, 1.807) is 31.3 Å². The Hall–Kier alpha value is -3.92. The summed E-state index contributed by atoms with van der Waals surface area (Å²) in [5.74, 6) is -0.0224. The highest BCUT2D eigenvalue weighted by atomic mass is 16.5. The number of carbonyl (C=O) groups excluding carboxylic acids is 1. The van der Waals surface area contributed by atoms with Crippen LogP contribution in [0.4, 0.5) is 0 Å². The number of aryl methyl sites for hydroxylation is 2. The SMILES string of the molecule is CCNC(=O)/C(C#N)=C/c1c(Oc2ccc(CC)cc2)nc2c(C)cccn2c1=O. The van der Waals surface area contributed by atoms with E-state index < -0.39 is 11.5 Å². The molecule has 0 saturated heterocycles. The van der Waals surface area contributed by atoms with E-state index in [0.717, 1.165) is 17.5 Å². The molecular formula is C23H22N4O3. The van der Waals surface area contributed by atoms with Gasteiger partial charge in [-0.1, -0.05) is 25.1 Å². The summed E-state index contributed by atoms with van der Waals surface area (Å²) in [6, 6.07) is 12.9. The second-order valence-electron chi connectivity index (χ2n) is 6.65. The molecule has 7 nitrogen and oxygen atoms in total. The molecule has 0 aliphatic rings. The molecule has 1 aromatic carbocycles. The molecule has 0 spiro atoms. The molecular weight excluding hydrogens is 380 g/mol. The van der Waals surface area contributed by atoms with E-state index in [2.05, 4.69) is 17.2 Å². The van der Waals surface area contributed by atoms with Crippen LogP contribution in [-0.4, -0.2) is 21.8 Å². The van der Waals surface area contributed by atoms with Crippen molar-refractivity contribution in [3.63, 3.8) is 0 Å². The van der Waals surface area contributed by atoms with Gasteiger partial charge in [-0.15, -0.1) is 0 Å². The number of fused-ring (bicyclic) bond motifs is 1. The number of likely N-dealkylation sites (N-methyl/N-ethyl adjacent to an activating group) is 1. The van der Waals surface area contributed by atoms with Gasteiger partial charge < -0.3 is 10.1 Å². The zero-order chi connectivity index (χ0) is 21.7. The smallest absolute Gasteiger partial charge is 0.269 e. The van der Waals surface area contributed by atoms with Gasteiger partial charge in [-0.25, -0.2) is 0 Å². The lowest BCUT2D eigenvalue weighted by Crippen LogP contribution is -2.25. The molecule has 0 unspecified atom stereocenters.